The Morgan fingerprint density at radius 2 is 1.79 bits per heavy atom. The van der Waals surface area contributed by atoms with Gasteiger partial charge in [-0.25, -0.2) is 4.39 Å². The van der Waals surface area contributed by atoms with Crippen molar-refractivity contribution in [3.8, 4) is 22.6 Å². The van der Waals surface area contributed by atoms with E-state index < -0.39 is 17.0 Å². The second-order valence-corrected chi connectivity index (χ2v) is 11.4. The fraction of sp³-hybridized carbons (Fsp3) is 0.310. The molecular formula is C29H31ClFN3O4. The minimum atomic E-state index is -1.17. The van der Waals surface area contributed by atoms with Gasteiger partial charge in [-0.1, -0.05) is 17.7 Å². The summed E-state index contributed by atoms with van der Waals surface area (Å²) in [6.07, 6.45) is 1.65. The number of H-pyrrole nitrogens is 1. The Bertz CT molecular complexity index is 1600. The molecule has 1 amide bonds. The van der Waals surface area contributed by atoms with E-state index in [1.165, 1.54) is 16.7 Å². The molecule has 0 atom stereocenters. The predicted molar refractivity (Wildman–Crippen MR) is 148 cm³/mol. The van der Waals surface area contributed by atoms with E-state index >= 15 is 0 Å². The van der Waals surface area contributed by atoms with Gasteiger partial charge in [-0.05, 0) is 83.0 Å². The number of aromatic nitrogens is 2. The summed E-state index contributed by atoms with van der Waals surface area (Å²) in [5.41, 5.74) is 0.765. The molecule has 2 aromatic heterocycles. The number of nitrogens with zero attached hydrogens (tertiary/aromatic N) is 1. The van der Waals surface area contributed by atoms with Crippen molar-refractivity contribution >= 4 is 28.4 Å². The van der Waals surface area contributed by atoms with E-state index in [4.69, 9.17) is 16.3 Å². The number of ether oxygens (including phenoxy) is 1. The Labute approximate surface area is 225 Å². The number of fused-ring (bicyclic) bond motifs is 1. The maximum atomic E-state index is 13.9. The molecule has 9 heteroatoms. The van der Waals surface area contributed by atoms with Gasteiger partial charge in [0.15, 0.2) is 0 Å². The summed E-state index contributed by atoms with van der Waals surface area (Å²) in [5, 5.41) is 14.2. The number of carbonyl (C=O) groups is 1. The topological polar surface area (TPSA) is 96.3 Å². The molecule has 4 aromatic rings. The quantitative estimate of drug-likeness (QED) is 0.282. The average Bonchev–Trinajstić information content (AvgIpc) is 3.23. The molecule has 2 aromatic carbocycles. The standard InChI is InChI=1S/C29H31ClFN3O4/c1-15-10-17(31)12-21(30)25(15)38-23-9-8-16(29(5,6)37)11-18(23)20-14-34(7)27(36)24-19(20)13-22(32-24)26(35)33-28(2,3)4/h8-14,32,37H,1-7H3,(H,33,35). The third-order valence-corrected chi connectivity index (χ3v) is 6.36. The number of pyridine rings is 1. The molecular weight excluding hydrogens is 509 g/mol. The Kier molecular flexibility index (Phi) is 6.93. The molecule has 38 heavy (non-hydrogen) atoms. The van der Waals surface area contributed by atoms with Crippen molar-refractivity contribution in [2.45, 2.75) is 52.7 Å². The zero-order valence-electron chi connectivity index (χ0n) is 22.4. The number of aliphatic hydroxyl groups is 1. The van der Waals surface area contributed by atoms with Crippen LogP contribution in [-0.4, -0.2) is 26.1 Å². The second-order valence-electron chi connectivity index (χ2n) is 11.0. The molecule has 3 N–H and O–H groups in total. The molecule has 0 bridgehead atoms. The van der Waals surface area contributed by atoms with Crippen LogP contribution in [0.4, 0.5) is 4.39 Å². The Balaban J connectivity index is 1.98. The number of benzene rings is 2. The summed E-state index contributed by atoms with van der Waals surface area (Å²) in [6.45, 7) is 10.6. The molecule has 0 saturated heterocycles. The lowest BCUT2D eigenvalue weighted by Crippen LogP contribution is -2.40. The molecule has 0 spiro atoms. The normalized spacial score (nSPS) is 12.2. The average molecular weight is 540 g/mol. The van der Waals surface area contributed by atoms with Crippen LogP contribution in [0.3, 0.4) is 0 Å². The van der Waals surface area contributed by atoms with Crippen LogP contribution in [0.15, 0.2) is 47.4 Å². The lowest BCUT2D eigenvalue weighted by Gasteiger charge is -2.21. The maximum absolute atomic E-state index is 13.9. The van der Waals surface area contributed by atoms with Gasteiger partial charge in [0.2, 0.25) is 0 Å². The van der Waals surface area contributed by atoms with Crippen molar-refractivity contribution in [3.05, 3.63) is 80.6 Å². The molecule has 0 fully saturated rings. The number of amides is 1. The fourth-order valence-electron chi connectivity index (χ4n) is 4.22. The number of halogens is 2. The fourth-order valence-corrected chi connectivity index (χ4v) is 4.51. The number of aryl methyl sites for hydroxylation is 2. The first kappa shape index (κ1) is 27.4. The van der Waals surface area contributed by atoms with Crippen molar-refractivity contribution in [1.82, 2.24) is 14.9 Å². The highest BCUT2D eigenvalue weighted by atomic mass is 35.5. The van der Waals surface area contributed by atoms with E-state index in [1.54, 1.807) is 58.3 Å². The van der Waals surface area contributed by atoms with Crippen LogP contribution in [0, 0.1) is 12.7 Å². The molecule has 0 aliphatic heterocycles. The zero-order valence-corrected chi connectivity index (χ0v) is 23.2. The minimum absolute atomic E-state index is 0.105. The van der Waals surface area contributed by atoms with Crippen LogP contribution in [0.1, 0.15) is 56.2 Å². The highest BCUT2D eigenvalue weighted by Gasteiger charge is 2.24. The van der Waals surface area contributed by atoms with Gasteiger partial charge in [-0.15, -0.1) is 0 Å². The third-order valence-electron chi connectivity index (χ3n) is 6.08. The van der Waals surface area contributed by atoms with E-state index in [-0.39, 0.29) is 33.4 Å². The summed E-state index contributed by atoms with van der Waals surface area (Å²) in [7, 11) is 1.61. The molecule has 2 heterocycles. The van der Waals surface area contributed by atoms with Crippen molar-refractivity contribution in [1.29, 1.82) is 0 Å². The maximum Gasteiger partial charge on any atom is 0.274 e. The Hall–Kier alpha value is -3.62. The monoisotopic (exact) mass is 539 g/mol. The summed E-state index contributed by atoms with van der Waals surface area (Å²) in [5.74, 6) is -0.176. The predicted octanol–water partition coefficient (Wildman–Crippen LogP) is 6.18. The Morgan fingerprint density at radius 1 is 1.11 bits per heavy atom. The number of carbonyl (C=O) groups excluding carboxylic acids is 1. The summed E-state index contributed by atoms with van der Waals surface area (Å²) < 4.78 is 21.5. The van der Waals surface area contributed by atoms with Gasteiger partial charge in [0.05, 0.1) is 10.6 Å². The molecule has 0 radical (unpaired) electrons. The van der Waals surface area contributed by atoms with E-state index in [0.717, 1.165) is 0 Å². The number of hydrogen-bond acceptors (Lipinski definition) is 4. The van der Waals surface area contributed by atoms with E-state index in [9.17, 15) is 19.1 Å². The molecule has 200 valence electrons. The first-order valence-electron chi connectivity index (χ1n) is 12.1. The Morgan fingerprint density at radius 3 is 2.39 bits per heavy atom. The highest BCUT2D eigenvalue weighted by Crippen LogP contribution is 2.42. The molecule has 0 unspecified atom stereocenters. The van der Waals surface area contributed by atoms with Crippen LogP contribution in [-0.2, 0) is 12.6 Å². The summed E-state index contributed by atoms with van der Waals surface area (Å²) in [4.78, 5) is 28.9. The smallest absolute Gasteiger partial charge is 0.274 e. The van der Waals surface area contributed by atoms with Gasteiger partial charge >= 0.3 is 0 Å². The number of nitrogens with one attached hydrogen (secondary N) is 2. The molecule has 4 rings (SSSR count). The molecule has 0 saturated carbocycles. The second kappa shape index (κ2) is 9.60. The minimum Gasteiger partial charge on any atom is -0.455 e. The van der Waals surface area contributed by atoms with Gasteiger partial charge in [0.25, 0.3) is 11.5 Å². The van der Waals surface area contributed by atoms with Gasteiger partial charge in [-0.3, -0.25) is 9.59 Å². The zero-order chi connectivity index (χ0) is 28.2. The lowest BCUT2D eigenvalue weighted by molar-refractivity contribution is 0.0786. The van der Waals surface area contributed by atoms with Crippen molar-refractivity contribution in [3.63, 3.8) is 0 Å². The first-order chi connectivity index (χ1) is 17.5. The van der Waals surface area contributed by atoms with Crippen molar-refractivity contribution in [2.75, 3.05) is 0 Å². The largest absolute Gasteiger partial charge is 0.455 e. The van der Waals surface area contributed by atoms with Crippen LogP contribution in [0.25, 0.3) is 22.0 Å². The van der Waals surface area contributed by atoms with Gasteiger partial charge < -0.3 is 24.7 Å². The van der Waals surface area contributed by atoms with Gasteiger partial charge in [0.1, 0.15) is 28.5 Å². The van der Waals surface area contributed by atoms with E-state index in [2.05, 4.69) is 10.3 Å². The SMILES string of the molecule is Cc1cc(F)cc(Cl)c1Oc1ccc(C(C)(C)O)cc1-c1cn(C)c(=O)c2[nH]c(C(=O)NC(C)(C)C)cc12. The highest BCUT2D eigenvalue weighted by molar-refractivity contribution is 6.32. The summed E-state index contributed by atoms with van der Waals surface area (Å²) >= 11 is 6.32. The van der Waals surface area contributed by atoms with Crippen LogP contribution in [0.5, 0.6) is 11.5 Å². The van der Waals surface area contributed by atoms with Crippen LogP contribution < -0.4 is 15.6 Å². The first-order valence-corrected chi connectivity index (χ1v) is 12.5. The van der Waals surface area contributed by atoms with Crippen LogP contribution in [0.2, 0.25) is 5.02 Å². The van der Waals surface area contributed by atoms with Crippen molar-refractivity contribution in [2.24, 2.45) is 7.05 Å². The van der Waals surface area contributed by atoms with Gasteiger partial charge in [-0.2, -0.15) is 0 Å². The van der Waals surface area contributed by atoms with E-state index in [0.29, 0.717) is 33.4 Å². The van der Waals surface area contributed by atoms with Gasteiger partial charge in [0, 0.05) is 35.3 Å². The molecule has 7 nitrogen and oxygen atoms in total. The van der Waals surface area contributed by atoms with Crippen LogP contribution >= 0.6 is 11.6 Å². The number of aromatic amines is 1. The number of hydrogen-bond donors (Lipinski definition) is 3. The number of rotatable bonds is 5. The summed E-state index contributed by atoms with van der Waals surface area (Å²) in [6, 6.07) is 9.31. The van der Waals surface area contributed by atoms with Crippen molar-refractivity contribution < 1.29 is 19.0 Å². The van der Waals surface area contributed by atoms with E-state index in [1.807, 2.05) is 20.8 Å². The molecule has 0 aliphatic rings. The lowest BCUT2D eigenvalue weighted by atomic mass is 9.93. The third kappa shape index (κ3) is 5.47. The molecule has 0 aliphatic carbocycles.